The third kappa shape index (κ3) is 4.84. The van der Waals surface area contributed by atoms with Crippen LogP contribution in [0.4, 0.5) is 4.79 Å². The largest absolute Gasteiger partial charge is 0.326 e. The predicted molar refractivity (Wildman–Crippen MR) is 139 cm³/mol. The molecule has 2 heterocycles. The second-order valence-corrected chi connectivity index (χ2v) is 9.90. The summed E-state index contributed by atoms with van der Waals surface area (Å²) in [5.74, 6) is 0.645. The standard InChI is InChI=1S/C28H25Cl2N3O2/c1-18-4-2-5-21(16-18)26-25(19-7-11-22(29)12-8-19)31-27(20-9-13-23(30)14-10-20)33(26)28(35)32-15-3-6-24(34)17-32/h2,4-5,7-14,16,25-26H,3,6,15,17H2,1H3. The van der Waals surface area contributed by atoms with Gasteiger partial charge in [-0.3, -0.25) is 14.7 Å². The molecule has 1 fully saturated rings. The molecule has 5 rings (SSSR count). The molecule has 2 aliphatic rings. The van der Waals surface area contributed by atoms with Gasteiger partial charge in [0.1, 0.15) is 11.9 Å². The number of piperidine rings is 1. The van der Waals surface area contributed by atoms with Crippen LogP contribution in [0.1, 0.15) is 47.2 Å². The molecule has 2 aliphatic heterocycles. The number of carbonyl (C=O) groups excluding carboxylic acids is 2. The summed E-state index contributed by atoms with van der Waals surface area (Å²) in [6, 6.07) is 22.2. The van der Waals surface area contributed by atoms with Gasteiger partial charge in [-0.2, -0.15) is 0 Å². The zero-order valence-electron chi connectivity index (χ0n) is 19.3. The number of aryl methyl sites for hydroxylation is 1. The van der Waals surface area contributed by atoms with Gasteiger partial charge in [0.2, 0.25) is 0 Å². The second kappa shape index (κ2) is 9.84. The molecular formula is C28H25Cl2N3O2. The average Bonchev–Trinajstić information content (AvgIpc) is 3.25. The van der Waals surface area contributed by atoms with Gasteiger partial charge in [0.15, 0.2) is 5.78 Å². The van der Waals surface area contributed by atoms with E-state index in [0.29, 0.717) is 35.3 Å². The third-order valence-electron chi connectivity index (χ3n) is 6.49. The van der Waals surface area contributed by atoms with E-state index in [9.17, 15) is 9.59 Å². The van der Waals surface area contributed by atoms with Crippen LogP contribution in [-0.2, 0) is 4.79 Å². The monoisotopic (exact) mass is 505 g/mol. The number of nitrogens with zero attached hydrogens (tertiary/aromatic N) is 3. The molecule has 2 unspecified atom stereocenters. The van der Waals surface area contributed by atoms with E-state index in [1.54, 1.807) is 21.9 Å². The number of halogens is 2. The van der Waals surface area contributed by atoms with Crippen LogP contribution in [-0.4, -0.2) is 40.5 Å². The molecule has 5 nitrogen and oxygen atoms in total. The summed E-state index contributed by atoms with van der Waals surface area (Å²) in [5, 5.41) is 1.25. The van der Waals surface area contributed by atoms with E-state index in [1.807, 2.05) is 61.5 Å². The zero-order valence-corrected chi connectivity index (χ0v) is 20.8. The summed E-state index contributed by atoms with van der Waals surface area (Å²) < 4.78 is 0. The summed E-state index contributed by atoms with van der Waals surface area (Å²) in [5.41, 5.74) is 3.82. The summed E-state index contributed by atoms with van der Waals surface area (Å²) >= 11 is 12.3. The zero-order chi connectivity index (χ0) is 24.5. The fourth-order valence-electron chi connectivity index (χ4n) is 4.82. The number of benzene rings is 3. The fourth-order valence-corrected chi connectivity index (χ4v) is 5.07. The molecule has 0 aliphatic carbocycles. The van der Waals surface area contributed by atoms with Gasteiger partial charge in [0, 0.05) is 28.6 Å². The molecule has 7 heteroatoms. The Labute approximate surface area is 215 Å². The topological polar surface area (TPSA) is 53.0 Å². The van der Waals surface area contributed by atoms with E-state index < -0.39 is 0 Å². The van der Waals surface area contributed by atoms with Gasteiger partial charge >= 0.3 is 6.03 Å². The smallest absolute Gasteiger partial charge is 0.317 e. The van der Waals surface area contributed by atoms with Gasteiger partial charge in [0.05, 0.1) is 12.6 Å². The van der Waals surface area contributed by atoms with Crippen molar-refractivity contribution in [3.05, 3.63) is 105 Å². The summed E-state index contributed by atoms with van der Waals surface area (Å²) in [6.45, 7) is 2.70. The van der Waals surface area contributed by atoms with E-state index in [1.165, 1.54) is 0 Å². The van der Waals surface area contributed by atoms with Crippen LogP contribution in [0.5, 0.6) is 0 Å². The number of rotatable bonds is 3. The van der Waals surface area contributed by atoms with Gasteiger partial charge in [-0.25, -0.2) is 4.79 Å². The van der Waals surface area contributed by atoms with Crippen molar-refractivity contribution in [3.63, 3.8) is 0 Å². The Bertz CT molecular complexity index is 1290. The minimum atomic E-state index is -0.383. The molecule has 0 bridgehead atoms. The first-order valence-electron chi connectivity index (χ1n) is 11.7. The highest BCUT2D eigenvalue weighted by Gasteiger charge is 2.44. The molecule has 0 aromatic heterocycles. The maximum Gasteiger partial charge on any atom is 0.326 e. The van der Waals surface area contributed by atoms with E-state index in [0.717, 1.165) is 22.3 Å². The van der Waals surface area contributed by atoms with Crippen LogP contribution < -0.4 is 0 Å². The summed E-state index contributed by atoms with van der Waals surface area (Å²) in [7, 11) is 0. The first-order valence-corrected chi connectivity index (χ1v) is 12.4. The van der Waals surface area contributed by atoms with Crippen LogP contribution in [0.15, 0.2) is 77.8 Å². The Morgan fingerprint density at radius 3 is 2.29 bits per heavy atom. The molecule has 3 aromatic rings. The molecule has 1 saturated heterocycles. The van der Waals surface area contributed by atoms with Crippen LogP contribution in [0.3, 0.4) is 0 Å². The van der Waals surface area contributed by atoms with E-state index >= 15 is 0 Å². The van der Waals surface area contributed by atoms with E-state index in [4.69, 9.17) is 28.2 Å². The van der Waals surface area contributed by atoms with Crippen molar-refractivity contribution < 1.29 is 9.59 Å². The third-order valence-corrected chi connectivity index (χ3v) is 7.00. The van der Waals surface area contributed by atoms with Crippen molar-refractivity contribution in [3.8, 4) is 0 Å². The van der Waals surface area contributed by atoms with Crippen molar-refractivity contribution in [2.45, 2.75) is 31.8 Å². The number of likely N-dealkylation sites (tertiary alicyclic amines) is 1. The molecule has 0 radical (unpaired) electrons. The number of urea groups is 1. The Balaban J connectivity index is 1.66. The minimum Gasteiger partial charge on any atom is -0.317 e. The Morgan fingerprint density at radius 2 is 1.63 bits per heavy atom. The maximum absolute atomic E-state index is 14.1. The average molecular weight is 506 g/mol. The van der Waals surface area contributed by atoms with Crippen molar-refractivity contribution >= 4 is 40.9 Å². The minimum absolute atomic E-state index is 0.0788. The van der Waals surface area contributed by atoms with Crippen molar-refractivity contribution in [2.75, 3.05) is 13.1 Å². The molecule has 2 amide bonds. The lowest BCUT2D eigenvalue weighted by Gasteiger charge is -2.35. The molecule has 178 valence electrons. The van der Waals surface area contributed by atoms with Crippen LogP contribution in [0, 0.1) is 6.92 Å². The molecular weight excluding hydrogens is 481 g/mol. The highest BCUT2D eigenvalue weighted by molar-refractivity contribution is 6.31. The van der Waals surface area contributed by atoms with Gasteiger partial charge in [-0.05, 0) is 60.9 Å². The van der Waals surface area contributed by atoms with Gasteiger partial charge < -0.3 is 4.90 Å². The van der Waals surface area contributed by atoms with Gasteiger partial charge in [-0.1, -0.05) is 65.2 Å². The first kappa shape index (κ1) is 23.6. The number of ketones is 1. The number of hydrogen-bond acceptors (Lipinski definition) is 3. The van der Waals surface area contributed by atoms with Gasteiger partial charge in [0.25, 0.3) is 0 Å². The SMILES string of the molecule is Cc1cccc(C2C(c3ccc(Cl)cc3)N=C(c3ccc(Cl)cc3)N2C(=O)N2CCCC(=O)C2)c1. The van der Waals surface area contributed by atoms with Crippen molar-refractivity contribution in [2.24, 2.45) is 4.99 Å². The van der Waals surface area contributed by atoms with Crippen molar-refractivity contribution in [1.29, 1.82) is 0 Å². The quantitative estimate of drug-likeness (QED) is 0.400. The lowest BCUT2D eigenvalue weighted by Crippen LogP contribution is -2.50. The van der Waals surface area contributed by atoms with E-state index in [2.05, 4.69) is 6.07 Å². The summed E-state index contributed by atoms with van der Waals surface area (Å²) in [4.78, 5) is 34.8. The number of hydrogen-bond donors (Lipinski definition) is 0. The number of Topliss-reactive ketones (excluding diaryl/α,β-unsaturated/α-hetero) is 1. The van der Waals surface area contributed by atoms with Crippen LogP contribution in [0.25, 0.3) is 0 Å². The molecule has 2 atom stereocenters. The fraction of sp³-hybridized carbons (Fsp3) is 0.250. The molecule has 3 aromatic carbocycles. The first-order chi connectivity index (χ1) is 16.9. The molecule has 0 N–H and O–H groups in total. The number of aliphatic imine (C=N–C) groups is 1. The lowest BCUT2D eigenvalue weighted by atomic mass is 9.93. The molecule has 35 heavy (non-hydrogen) atoms. The predicted octanol–water partition coefficient (Wildman–Crippen LogP) is 6.63. The number of amidine groups is 1. The number of carbonyl (C=O) groups is 2. The lowest BCUT2D eigenvalue weighted by molar-refractivity contribution is -0.121. The van der Waals surface area contributed by atoms with E-state index in [-0.39, 0.29) is 30.4 Å². The van der Waals surface area contributed by atoms with Crippen LogP contribution >= 0.6 is 23.2 Å². The summed E-state index contributed by atoms with van der Waals surface area (Å²) in [6.07, 6.45) is 1.18. The highest BCUT2D eigenvalue weighted by Crippen LogP contribution is 2.44. The Kier molecular flexibility index (Phi) is 6.63. The maximum atomic E-state index is 14.1. The Morgan fingerprint density at radius 1 is 0.943 bits per heavy atom. The number of amides is 2. The van der Waals surface area contributed by atoms with Crippen LogP contribution in [0.2, 0.25) is 10.0 Å². The highest BCUT2D eigenvalue weighted by atomic mass is 35.5. The normalized spacial score (nSPS) is 20.2. The van der Waals surface area contributed by atoms with Crippen molar-refractivity contribution in [1.82, 2.24) is 9.80 Å². The molecule has 0 saturated carbocycles. The second-order valence-electron chi connectivity index (χ2n) is 9.03. The molecule has 0 spiro atoms. The van der Waals surface area contributed by atoms with Gasteiger partial charge in [-0.15, -0.1) is 0 Å². The Hall–Kier alpha value is -3.15.